The molecule has 31 heavy (non-hydrogen) atoms. The fourth-order valence-electron chi connectivity index (χ4n) is 3.28. The number of amides is 1. The summed E-state index contributed by atoms with van der Waals surface area (Å²) in [5.41, 5.74) is -0.286. The molecule has 0 radical (unpaired) electrons. The maximum absolute atomic E-state index is 14.7. The molecule has 6 heteroatoms. The van der Waals surface area contributed by atoms with Gasteiger partial charge in [-0.25, -0.2) is 9.18 Å². The van der Waals surface area contributed by atoms with Crippen molar-refractivity contribution in [2.45, 2.75) is 38.6 Å². The van der Waals surface area contributed by atoms with E-state index in [4.69, 9.17) is 4.74 Å². The first kappa shape index (κ1) is 22.3. The second-order valence-electron chi connectivity index (χ2n) is 7.96. The molecule has 0 aliphatic carbocycles. The number of benzene rings is 3. The highest BCUT2D eigenvalue weighted by atomic mass is 19.1. The van der Waals surface area contributed by atoms with Crippen molar-refractivity contribution in [2.75, 3.05) is 6.61 Å². The first-order chi connectivity index (χ1) is 14.8. The molecule has 0 atom stereocenters. The minimum atomic E-state index is -1.51. The minimum Gasteiger partial charge on any atom is -0.492 e. The van der Waals surface area contributed by atoms with Crippen LogP contribution in [0.5, 0.6) is 5.75 Å². The second-order valence-corrected chi connectivity index (χ2v) is 7.96. The lowest BCUT2D eigenvalue weighted by molar-refractivity contribution is -0.143. The summed E-state index contributed by atoms with van der Waals surface area (Å²) < 4.78 is 20.6. The molecule has 162 valence electrons. The topological polar surface area (TPSA) is 75.6 Å². The molecule has 0 fully saturated rings. The maximum atomic E-state index is 14.7. The molecule has 3 aromatic carbocycles. The molecule has 0 bridgehead atoms. The zero-order chi connectivity index (χ0) is 22.4. The molecule has 3 rings (SSSR count). The van der Waals surface area contributed by atoms with Gasteiger partial charge in [0.15, 0.2) is 0 Å². The summed E-state index contributed by atoms with van der Waals surface area (Å²) in [5.74, 6) is -2.19. The predicted molar refractivity (Wildman–Crippen MR) is 118 cm³/mol. The lowest BCUT2D eigenvalue weighted by Gasteiger charge is -2.22. The number of carboxylic acids is 1. The second kappa shape index (κ2) is 9.60. The van der Waals surface area contributed by atoms with Crippen LogP contribution in [0.3, 0.4) is 0 Å². The molecule has 1 amide bonds. The number of carbonyl (C=O) groups excluding carboxylic acids is 1. The zero-order valence-corrected chi connectivity index (χ0v) is 17.7. The van der Waals surface area contributed by atoms with Crippen molar-refractivity contribution in [3.05, 3.63) is 77.6 Å². The summed E-state index contributed by atoms with van der Waals surface area (Å²) >= 11 is 0. The van der Waals surface area contributed by atoms with Gasteiger partial charge in [-0.15, -0.1) is 0 Å². The van der Waals surface area contributed by atoms with Gasteiger partial charge in [0.05, 0.1) is 12.2 Å². The molecule has 3 aromatic rings. The smallest absolute Gasteiger partial charge is 0.328 e. The molecular weight excluding hydrogens is 397 g/mol. The lowest BCUT2D eigenvalue weighted by Crippen LogP contribution is -2.49. The number of carboxylic acid groups (broad SMARTS) is 1. The summed E-state index contributed by atoms with van der Waals surface area (Å²) in [4.78, 5) is 24.2. The fraction of sp³-hybridized carbons (Fsp3) is 0.280. The minimum absolute atomic E-state index is 0.0198. The molecule has 0 aromatic heterocycles. The summed E-state index contributed by atoms with van der Waals surface area (Å²) in [6.07, 6.45) is 2.56. The molecule has 0 unspecified atom stereocenters. The lowest BCUT2D eigenvalue weighted by atomic mass is 10.0. The number of unbranched alkanes of at least 4 members (excludes halogenated alkanes) is 1. The van der Waals surface area contributed by atoms with E-state index < -0.39 is 23.2 Å². The zero-order valence-electron chi connectivity index (χ0n) is 17.7. The van der Waals surface area contributed by atoms with Gasteiger partial charge in [0.25, 0.3) is 5.91 Å². The Hall–Kier alpha value is -3.41. The van der Waals surface area contributed by atoms with Crippen molar-refractivity contribution in [3.8, 4) is 5.75 Å². The molecule has 0 aliphatic rings. The van der Waals surface area contributed by atoms with E-state index in [1.165, 1.54) is 19.4 Å². The van der Waals surface area contributed by atoms with E-state index >= 15 is 0 Å². The van der Waals surface area contributed by atoms with Gasteiger partial charge in [-0.1, -0.05) is 54.6 Å². The van der Waals surface area contributed by atoms with Crippen molar-refractivity contribution in [1.82, 2.24) is 5.32 Å². The maximum Gasteiger partial charge on any atom is 0.328 e. The van der Waals surface area contributed by atoms with E-state index in [9.17, 15) is 19.1 Å². The van der Waals surface area contributed by atoms with E-state index in [-0.39, 0.29) is 11.3 Å². The standard InChI is InChI=1S/C25H26FNO4/c1-25(2,24(29)30)27-23(28)20-16-21(26)18-13-6-7-14-19(18)22(20)31-15-9-8-12-17-10-4-3-5-11-17/h3-7,10-11,13-14,16H,8-9,12,15H2,1-2H3,(H,27,28)(H,29,30). The van der Waals surface area contributed by atoms with Crippen molar-refractivity contribution >= 4 is 22.6 Å². The number of ether oxygens (including phenoxy) is 1. The molecule has 0 heterocycles. The van der Waals surface area contributed by atoms with Crippen LogP contribution in [0.25, 0.3) is 10.8 Å². The largest absolute Gasteiger partial charge is 0.492 e. The van der Waals surface area contributed by atoms with E-state index in [1.807, 2.05) is 18.2 Å². The number of aliphatic carboxylic acids is 1. The molecular formula is C25H26FNO4. The summed E-state index contributed by atoms with van der Waals surface area (Å²) in [7, 11) is 0. The third-order valence-corrected chi connectivity index (χ3v) is 5.10. The quantitative estimate of drug-likeness (QED) is 0.476. The highest BCUT2D eigenvalue weighted by Gasteiger charge is 2.31. The van der Waals surface area contributed by atoms with E-state index in [0.717, 1.165) is 25.3 Å². The third kappa shape index (κ3) is 5.40. The van der Waals surface area contributed by atoms with E-state index in [2.05, 4.69) is 17.4 Å². The Kier molecular flexibility index (Phi) is 6.90. The SMILES string of the molecule is CC(C)(NC(=O)c1cc(F)c2ccccc2c1OCCCCc1ccccc1)C(=O)O. The first-order valence-electron chi connectivity index (χ1n) is 10.2. The highest BCUT2D eigenvalue weighted by molar-refractivity contribution is 6.05. The van der Waals surface area contributed by atoms with E-state index in [1.54, 1.807) is 24.3 Å². The van der Waals surface area contributed by atoms with Crippen LogP contribution >= 0.6 is 0 Å². The van der Waals surface area contributed by atoms with Crippen molar-refractivity contribution < 1.29 is 23.8 Å². The number of fused-ring (bicyclic) bond motifs is 1. The predicted octanol–water partition coefficient (Wildman–Crippen LogP) is 4.97. The number of aryl methyl sites for hydroxylation is 1. The van der Waals surface area contributed by atoms with Crippen LogP contribution in [-0.2, 0) is 11.2 Å². The monoisotopic (exact) mass is 423 g/mol. The number of nitrogens with one attached hydrogen (secondary N) is 1. The van der Waals surface area contributed by atoms with Crippen LogP contribution in [0.1, 0.15) is 42.6 Å². The average molecular weight is 423 g/mol. The molecule has 0 spiro atoms. The Labute approximate surface area is 180 Å². The summed E-state index contributed by atoms with van der Waals surface area (Å²) in [6.45, 7) is 3.09. The number of hydrogen-bond donors (Lipinski definition) is 2. The summed E-state index contributed by atoms with van der Waals surface area (Å²) in [5, 5.41) is 12.6. The molecule has 5 nitrogen and oxygen atoms in total. The Morgan fingerprint density at radius 3 is 2.32 bits per heavy atom. The molecule has 0 saturated heterocycles. The Bertz CT molecular complexity index is 1080. The van der Waals surface area contributed by atoms with Gasteiger partial charge in [0.2, 0.25) is 0 Å². The van der Waals surface area contributed by atoms with Crippen LogP contribution in [0.15, 0.2) is 60.7 Å². The van der Waals surface area contributed by atoms with Crippen molar-refractivity contribution in [3.63, 3.8) is 0 Å². The average Bonchev–Trinajstić information content (AvgIpc) is 2.75. The van der Waals surface area contributed by atoms with Crippen LogP contribution in [-0.4, -0.2) is 29.1 Å². The number of rotatable bonds is 9. The van der Waals surface area contributed by atoms with Gasteiger partial charge in [-0.2, -0.15) is 0 Å². The number of carbonyl (C=O) groups is 2. The molecule has 0 aliphatic heterocycles. The van der Waals surface area contributed by atoms with Crippen LogP contribution in [0.4, 0.5) is 4.39 Å². The Morgan fingerprint density at radius 2 is 1.65 bits per heavy atom. The van der Waals surface area contributed by atoms with Gasteiger partial charge >= 0.3 is 5.97 Å². The van der Waals surface area contributed by atoms with Gasteiger partial charge in [0.1, 0.15) is 17.1 Å². The third-order valence-electron chi connectivity index (χ3n) is 5.10. The van der Waals surface area contributed by atoms with Crippen LogP contribution < -0.4 is 10.1 Å². The molecule has 0 saturated carbocycles. The first-order valence-corrected chi connectivity index (χ1v) is 10.2. The molecule has 2 N–H and O–H groups in total. The van der Waals surface area contributed by atoms with Crippen molar-refractivity contribution in [2.24, 2.45) is 0 Å². The van der Waals surface area contributed by atoms with Gasteiger partial charge < -0.3 is 15.2 Å². The van der Waals surface area contributed by atoms with Crippen LogP contribution in [0.2, 0.25) is 0 Å². The fourth-order valence-corrected chi connectivity index (χ4v) is 3.28. The normalized spacial score (nSPS) is 11.3. The number of halogens is 1. The van der Waals surface area contributed by atoms with E-state index in [0.29, 0.717) is 17.4 Å². The summed E-state index contributed by atoms with van der Waals surface area (Å²) in [6, 6.07) is 18.0. The van der Waals surface area contributed by atoms with Gasteiger partial charge in [-0.3, -0.25) is 4.79 Å². The van der Waals surface area contributed by atoms with Gasteiger partial charge in [-0.05, 0) is 44.7 Å². The highest BCUT2D eigenvalue weighted by Crippen LogP contribution is 2.32. The Morgan fingerprint density at radius 1 is 1.00 bits per heavy atom. The number of hydrogen-bond acceptors (Lipinski definition) is 3. The van der Waals surface area contributed by atoms with Crippen LogP contribution in [0, 0.1) is 5.82 Å². The van der Waals surface area contributed by atoms with Crippen molar-refractivity contribution in [1.29, 1.82) is 0 Å². The Balaban J connectivity index is 1.80. The van der Waals surface area contributed by atoms with Gasteiger partial charge in [0, 0.05) is 10.8 Å².